The minimum Gasteiger partial charge on any atom is -0.477 e. The molecule has 0 unspecified atom stereocenters. The van der Waals surface area contributed by atoms with Crippen molar-refractivity contribution in [3.8, 4) is 5.88 Å². The van der Waals surface area contributed by atoms with E-state index < -0.39 is 5.41 Å². The molecule has 1 aromatic rings. The standard InChI is InChI=1S/C12H16BrNO2/c1-8-5-11(14-6-10(8)13)16-7-12(3,4)9(2)15/h5-6H,7H2,1-4H3. The lowest BCUT2D eigenvalue weighted by Gasteiger charge is -2.20. The van der Waals surface area contributed by atoms with Gasteiger partial charge in [-0.2, -0.15) is 0 Å². The number of ketones is 1. The Bertz CT molecular complexity index is 402. The SMILES string of the molecule is CC(=O)C(C)(C)COc1cc(C)c(Br)cn1. The largest absolute Gasteiger partial charge is 0.477 e. The maximum atomic E-state index is 11.3. The number of Topliss-reactive ketones (excluding diaryl/α,β-unsaturated/α-hetero) is 1. The van der Waals surface area contributed by atoms with Gasteiger partial charge in [-0.05, 0) is 49.2 Å². The smallest absolute Gasteiger partial charge is 0.213 e. The molecule has 0 N–H and O–H groups in total. The van der Waals surface area contributed by atoms with Gasteiger partial charge in [0.1, 0.15) is 12.4 Å². The second-order valence-corrected chi connectivity index (χ2v) is 5.35. The summed E-state index contributed by atoms with van der Waals surface area (Å²) in [6.07, 6.45) is 1.70. The summed E-state index contributed by atoms with van der Waals surface area (Å²) in [7, 11) is 0. The molecule has 4 heteroatoms. The van der Waals surface area contributed by atoms with E-state index in [-0.39, 0.29) is 5.78 Å². The van der Waals surface area contributed by atoms with Gasteiger partial charge in [-0.3, -0.25) is 4.79 Å². The zero-order valence-corrected chi connectivity index (χ0v) is 11.6. The third-order valence-corrected chi connectivity index (χ3v) is 3.39. The normalized spacial score (nSPS) is 11.3. The van der Waals surface area contributed by atoms with Gasteiger partial charge in [0.2, 0.25) is 5.88 Å². The predicted molar refractivity (Wildman–Crippen MR) is 66.6 cm³/mol. The van der Waals surface area contributed by atoms with Crippen LogP contribution in [0.25, 0.3) is 0 Å². The molecule has 0 aliphatic rings. The zero-order chi connectivity index (χ0) is 12.3. The molecule has 0 aliphatic carbocycles. The van der Waals surface area contributed by atoms with Crippen molar-refractivity contribution in [3.05, 3.63) is 22.3 Å². The van der Waals surface area contributed by atoms with Gasteiger partial charge in [0.15, 0.2) is 0 Å². The molecule has 0 bridgehead atoms. The van der Waals surface area contributed by atoms with Crippen LogP contribution in [-0.4, -0.2) is 17.4 Å². The number of halogens is 1. The molecule has 0 aliphatic heterocycles. The Morgan fingerprint density at radius 1 is 1.56 bits per heavy atom. The van der Waals surface area contributed by atoms with E-state index in [2.05, 4.69) is 20.9 Å². The van der Waals surface area contributed by atoms with E-state index in [1.807, 2.05) is 26.8 Å². The van der Waals surface area contributed by atoms with Gasteiger partial charge in [0.25, 0.3) is 0 Å². The summed E-state index contributed by atoms with van der Waals surface area (Å²) >= 11 is 3.37. The molecule has 0 saturated heterocycles. The molecule has 0 radical (unpaired) electrons. The maximum absolute atomic E-state index is 11.3. The van der Waals surface area contributed by atoms with Crippen molar-refractivity contribution in [2.75, 3.05) is 6.61 Å². The zero-order valence-electron chi connectivity index (χ0n) is 10.0. The molecule has 1 heterocycles. The summed E-state index contributed by atoms with van der Waals surface area (Å²) in [6, 6.07) is 1.85. The van der Waals surface area contributed by atoms with Crippen molar-refractivity contribution in [1.82, 2.24) is 4.98 Å². The van der Waals surface area contributed by atoms with Crippen molar-refractivity contribution in [3.63, 3.8) is 0 Å². The fourth-order valence-corrected chi connectivity index (χ4v) is 1.17. The van der Waals surface area contributed by atoms with Crippen LogP contribution in [0, 0.1) is 12.3 Å². The highest BCUT2D eigenvalue weighted by atomic mass is 79.9. The van der Waals surface area contributed by atoms with Gasteiger partial charge >= 0.3 is 0 Å². The highest BCUT2D eigenvalue weighted by Gasteiger charge is 2.24. The molecule has 1 aromatic heterocycles. The molecule has 3 nitrogen and oxygen atoms in total. The lowest BCUT2D eigenvalue weighted by atomic mass is 9.90. The molecular weight excluding hydrogens is 270 g/mol. The third-order valence-electron chi connectivity index (χ3n) is 2.56. The Kier molecular flexibility index (Phi) is 4.08. The average molecular weight is 286 g/mol. The molecule has 16 heavy (non-hydrogen) atoms. The first-order chi connectivity index (χ1) is 7.33. The second kappa shape index (κ2) is 4.95. The molecule has 0 aromatic carbocycles. The van der Waals surface area contributed by atoms with Gasteiger partial charge in [-0.15, -0.1) is 0 Å². The number of ether oxygens (including phenoxy) is 1. The Labute approximate surface area is 104 Å². The van der Waals surface area contributed by atoms with Crippen LogP contribution in [0.4, 0.5) is 0 Å². The number of rotatable bonds is 4. The van der Waals surface area contributed by atoms with Crippen LogP contribution in [0.15, 0.2) is 16.7 Å². The first-order valence-corrected chi connectivity index (χ1v) is 5.88. The molecule has 0 saturated carbocycles. The number of hydrogen-bond donors (Lipinski definition) is 0. The number of carbonyl (C=O) groups excluding carboxylic acids is 1. The van der Waals surface area contributed by atoms with Gasteiger partial charge in [-0.25, -0.2) is 4.98 Å². The monoisotopic (exact) mass is 285 g/mol. The van der Waals surface area contributed by atoms with Crippen LogP contribution in [0.2, 0.25) is 0 Å². The van der Waals surface area contributed by atoms with Crippen LogP contribution in [-0.2, 0) is 4.79 Å². The lowest BCUT2D eigenvalue weighted by Crippen LogP contribution is -2.29. The van der Waals surface area contributed by atoms with E-state index in [9.17, 15) is 4.79 Å². The third kappa shape index (κ3) is 3.30. The number of aryl methyl sites for hydroxylation is 1. The summed E-state index contributed by atoms with van der Waals surface area (Å²) in [5.41, 5.74) is 0.591. The summed E-state index contributed by atoms with van der Waals surface area (Å²) in [5, 5.41) is 0. The first-order valence-electron chi connectivity index (χ1n) is 5.09. The van der Waals surface area contributed by atoms with Crippen LogP contribution in [0.3, 0.4) is 0 Å². The van der Waals surface area contributed by atoms with Crippen molar-refractivity contribution in [1.29, 1.82) is 0 Å². The number of aromatic nitrogens is 1. The van der Waals surface area contributed by atoms with E-state index in [0.29, 0.717) is 12.5 Å². The fourth-order valence-electron chi connectivity index (χ4n) is 0.948. The van der Waals surface area contributed by atoms with Gasteiger partial charge < -0.3 is 4.74 Å². The Morgan fingerprint density at radius 3 is 2.69 bits per heavy atom. The van der Waals surface area contributed by atoms with E-state index in [1.165, 1.54) is 0 Å². The predicted octanol–water partition coefficient (Wildman–Crippen LogP) is 3.15. The Balaban J connectivity index is 2.68. The molecular formula is C12H16BrNO2. The van der Waals surface area contributed by atoms with Crippen LogP contribution < -0.4 is 4.74 Å². The van der Waals surface area contributed by atoms with Crippen molar-refractivity contribution >= 4 is 21.7 Å². The number of nitrogens with zero attached hydrogens (tertiary/aromatic N) is 1. The Morgan fingerprint density at radius 2 is 2.19 bits per heavy atom. The highest BCUT2D eigenvalue weighted by Crippen LogP contribution is 2.21. The highest BCUT2D eigenvalue weighted by molar-refractivity contribution is 9.10. The molecule has 0 atom stereocenters. The van der Waals surface area contributed by atoms with Crippen molar-refractivity contribution < 1.29 is 9.53 Å². The van der Waals surface area contributed by atoms with Crippen LogP contribution in [0.5, 0.6) is 5.88 Å². The molecule has 0 fully saturated rings. The van der Waals surface area contributed by atoms with Gasteiger partial charge in [0.05, 0.1) is 5.41 Å². The fraction of sp³-hybridized carbons (Fsp3) is 0.500. The van der Waals surface area contributed by atoms with E-state index in [4.69, 9.17) is 4.74 Å². The van der Waals surface area contributed by atoms with E-state index in [1.54, 1.807) is 13.1 Å². The summed E-state index contributed by atoms with van der Waals surface area (Å²) in [6.45, 7) is 7.61. The van der Waals surface area contributed by atoms with Crippen molar-refractivity contribution in [2.45, 2.75) is 27.7 Å². The lowest BCUT2D eigenvalue weighted by molar-refractivity contribution is -0.126. The molecule has 0 amide bonds. The minimum atomic E-state index is -0.470. The van der Waals surface area contributed by atoms with Gasteiger partial charge in [0, 0.05) is 16.7 Å². The number of pyridine rings is 1. The first kappa shape index (κ1) is 13.2. The number of hydrogen-bond acceptors (Lipinski definition) is 3. The maximum Gasteiger partial charge on any atom is 0.213 e. The summed E-state index contributed by atoms with van der Waals surface area (Å²) < 4.78 is 6.46. The minimum absolute atomic E-state index is 0.112. The number of carbonyl (C=O) groups is 1. The molecule has 88 valence electrons. The summed E-state index contributed by atoms with van der Waals surface area (Å²) in [4.78, 5) is 15.4. The topological polar surface area (TPSA) is 39.2 Å². The molecule has 1 rings (SSSR count). The second-order valence-electron chi connectivity index (χ2n) is 4.50. The van der Waals surface area contributed by atoms with Crippen LogP contribution >= 0.6 is 15.9 Å². The average Bonchev–Trinajstić information content (AvgIpc) is 2.20. The van der Waals surface area contributed by atoms with E-state index >= 15 is 0 Å². The molecule has 0 spiro atoms. The van der Waals surface area contributed by atoms with E-state index in [0.717, 1.165) is 10.0 Å². The van der Waals surface area contributed by atoms with Crippen LogP contribution in [0.1, 0.15) is 26.3 Å². The summed E-state index contributed by atoms with van der Waals surface area (Å²) in [5.74, 6) is 0.663. The quantitative estimate of drug-likeness (QED) is 0.853. The van der Waals surface area contributed by atoms with Gasteiger partial charge in [-0.1, -0.05) is 0 Å². The van der Waals surface area contributed by atoms with Crippen molar-refractivity contribution in [2.24, 2.45) is 5.41 Å². The Hall–Kier alpha value is -0.900.